The maximum Gasteiger partial charge on any atom is 0.123 e. The first-order valence-electron chi connectivity index (χ1n) is 10.6. The van der Waals surface area contributed by atoms with Gasteiger partial charge in [-0.25, -0.2) is 0 Å². The van der Waals surface area contributed by atoms with Crippen molar-refractivity contribution < 1.29 is 18.9 Å². The van der Waals surface area contributed by atoms with Gasteiger partial charge >= 0.3 is 0 Å². The molecule has 0 aliphatic heterocycles. The van der Waals surface area contributed by atoms with Gasteiger partial charge in [0.2, 0.25) is 0 Å². The fourth-order valence-corrected chi connectivity index (χ4v) is 3.45. The van der Waals surface area contributed by atoms with Crippen molar-refractivity contribution >= 4 is 10.8 Å². The Morgan fingerprint density at radius 2 is 0.706 bits per heavy atom. The highest BCUT2D eigenvalue weighted by atomic mass is 16.5. The minimum Gasteiger partial charge on any atom is -0.497 e. The summed E-state index contributed by atoms with van der Waals surface area (Å²) in [5.74, 6) is 15.7. The highest BCUT2D eigenvalue weighted by molar-refractivity contribution is 5.85. The van der Waals surface area contributed by atoms with Crippen LogP contribution in [0.25, 0.3) is 10.8 Å². The van der Waals surface area contributed by atoms with Crippen LogP contribution >= 0.6 is 0 Å². The smallest absolute Gasteiger partial charge is 0.123 e. The lowest BCUT2D eigenvalue weighted by atomic mass is 10.0. The summed E-state index contributed by atoms with van der Waals surface area (Å²) >= 11 is 0. The molecule has 0 saturated heterocycles. The van der Waals surface area contributed by atoms with Crippen LogP contribution in [-0.2, 0) is 0 Å². The lowest BCUT2D eigenvalue weighted by molar-refractivity contribution is 0.394. The summed E-state index contributed by atoms with van der Waals surface area (Å²) in [6.45, 7) is 0. The summed E-state index contributed by atoms with van der Waals surface area (Å²) < 4.78 is 21.3. The first-order valence-corrected chi connectivity index (χ1v) is 10.6. The van der Waals surface area contributed by atoms with Crippen molar-refractivity contribution in [2.45, 2.75) is 0 Å². The molecule has 4 aromatic carbocycles. The molecule has 0 aliphatic rings. The molecule has 0 bridgehead atoms. The highest BCUT2D eigenvalue weighted by Crippen LogP contribution is 2.23. The van der Waals surface area contributed by atoms with Crippen LogP contribution in [0.5, 0.6) is 23.0 Å². The number of methoxy groups -OCH3 is 4. The molecule has 0 radical (unpaired) electrons. The summed E-state index contributed by atoms with van der Waals surface area (Å²) in [7, 11) is 6.51. The molecule has 34 heavy (non-hydrogen) atoms. The molecule has 0 unspecified atom stereocenters. The van der Waals surface area contributed by atoms with E-state index in [0.29, 0.717) is 23.0 Å². The first-order chi connectivity index (χ1) is 16.6. The lowest BCUT2D eigenvalue weighted by Crippen LogP contribution is -1.88. The largest absolute Gasteiger partial charge is 0.497 e. The van der Waals surface area contributed by atoms with Gasteiger partial charge < -0.3 is 18.9 Å². The molecule has 4 rings (SSSR count). The van der Waals surface area contributed by atoms with Gasteiger partial charge in [-0.3, -0.25) is 0 Å². The second-order valence-electron chi connectivity index (χ2n) is 7.48. The molecule has 168 valence electrons. The first kappa shape index (κ1) is 22.6. The average molecular weight is 449 g/mol. The molecule has 0 amide bonds. The minimum atomic E-state index is 0.711. The van der Waals surface area contributed by atoms with Crippen molar-refractivity contribution in [3.63, 3.8) is 0 Å². The summed E-state index contributed by atoms with van der Waals surface area (Å²) in [5, 5.41) is 2.20. The summed E-state index contributed by atoms with van der Waals surface area (Å²) in [6, 6.07) is 23.5. The van der Waals surface area contributed by atoms with Crippen LogP contribution < -0.4 is 18.9 Å². The highest BCUT2D eigenvalue weighted by Gasteiger charge is 2.02. The Labute approximate surface area is 200 Å². The van der Waals surface area contributed by atoms with E-state index in [2.05, 4.69) is 47.9 Å². The molecular formula is C30H24O4. The Morgan fingerprint density at radius 1 is 0.382 bits per heavy atom. The SMILES string of the molecule is COc1cc(C#Cc2ccc3cc(C#Cc4cc(OC)cc(OC)c4)ccc3c2)cc(OC)c1. The molecule has 0 aliphatic carbocycles. The number of ether oxygens (including phenoxy) is 4. The molecule has 0 atom stereocenters. The fraction of sp³-hybridized carbons (Fsp3) is 0.133. The van der Waals surface area contributed by atoms with E-state index in [1.54, 1.807) is 28.4 Å². The predicted molar refractivity (Wildman–Crippen MR) is 135 cm³/mol. The van der Waals surface area contributed by atoms with Crippen molar-refractivity contribution in [3.8, 4) is 46.7 Å². The normalized spacial score (nSPS) is 9.88. The second-order valence-corrected chi connectivity index (χ2v) is 7.48. The monoisotopic (exact) mass is 448 g/mol. The molecular weight excluding hydrogens is 424 g/mol. The zero-order chi connectivity index (χ0) is 23.9. The van der Waals surface area contributed by atoms with Crippen LogP contribution in [0, 0.1) is 23.7 Å². The number of hydrogen-bond donors (Lipinski definition) is 0. The van der Waals surface area contributed by atoms with Gasteiger partial charge in [0.25, 0.3) is 0 Å². The van der Waals surface area contributed by atoms with Crippen LogP contribution in [0.1, 0.15) is 22.3 Å². The maximum atomic E-state index is 5.32. The topological polar surface area (TPSA) is 36.9 Å². The minimum absolute atomic E-state index is 0.711. The molecule has 4 aromatic rings. The molecule has 0 aromatic heterocycles. The Kier molecular flexibility index (Phi) is 6.92. The summed E-state index contributed by atoms with van der Waals surface area (Å²) in [5.41, 5.74) is 3.51. The van der Waals surface area contributed by atoms with Crippen molar-refractivity contribution in [2.24, 2.45) is 0 Å². The molecule has 4 nitrogen and oxygen atoms in total. The third kappa shape index (κ3) is 5.44. The van der Waals surface area contributed by atoms with E-state index in [1.165, 1.54) is 0 Å². The van der Waals surface area contributed by atoms with Gasteiger partial charge in [-0.2, -0.15) is 0 Å². The zero-order valence-electron chi connectivity index (χ0n) is 19.6. The Morgan fingerprint density at radius 3 is 1.03 bits per heavy atom. The zero-order valence-corrected chi connectivity index (χ0v) is 19.6. The maximum absolute atomic E-state index is 5.32. The van der Waals surface area contributed by atoms with E-state index in [4.69, 9.17) is 18.9 Å². The fourth-order valence-electron chi connectivity index (χ4n) is 3.45. The van der Waals surface area contributed by atoms with Crippen molar-refractivity contribution in [1.29, 1.82) is 0 Å². The molecule has 4 heteroatoms. The summed E-state index contributed by atoms with van der Waals surface area (Å²) in [6.07, 6.45) is 0. The van der Waals surface area contributed by atoms with Gasteiger partial charge in [-0.15, -0.1) is 0 Å². The van der Waals surface area contributed by atoms with Crippen LogP contribution in [0.3, 0.4) is 0 Å². The predicted octanol–water partition coefficient (Wildman–Crippen LogP) is 5.67. The van der Waals surface area contributed by atoms with Crippen LogP contribution in [0.4, 0.5) is 0 Å². The number of fused-ring (bicyclic) bond motifs is 1. The quantitative estimate of drug-likeness (QED) is 0.377. The molecule has 0 N–H and O–H groups in total. The van der Waals surface area contributed by atoms with Crippen molar-refractivity contribution in [1.82, 2.24) is 0 Å². The van der Waals surface area contributed by atoms with Gasteiger partial charge in [-0.1, -0.05) is 35.8 Å². The van der Waals surface area contributed by atoms with E-state index < -0.39 is 0 Å². The van der Waals surface area contributed by atoms with E-state index >= 15 is 0 Å². The lowest BCUT2D eigenvalue weighted by Gasteiger charge is -2.05. The van der Waals surface area contributed by atoms with Gasteiger partial charge in [0.1, 0.15) is 23.0 Å². The number of rotatable bonds is 4. The Bertz CT molecular complexity index is 1310. The van der Waals surface area contributed by atoms with E-state index in [-0.39, 0.29) is 0 Å². The van der Waals surface area contributed by atoms with Gasteiger partial charge in [0.15, 0.2) is 0 Å². The Balaban J connectivity index is 1.59. The molecule has 0 saturated carbocycles. The average Bonchev–Trinajstić information content (AvgIpc) is 2.89. The van der Waals surface area contributed by atoms with Crippen LogP contribution in [0.15, 0.2) is 72.8 Å². The second kappa shape index (κ2) is 10.4. The number of hydrogen-bond acceptors (Lipinski definition) is 4. The van der Waals surface area contributed by atoms with E-state index in [1.807, 2.05) is 48.5 Å². The standard InChI is InChI=1S/C30H24O4/c1-31-27-15-23(16-28(19-27)32-2)7-5-21-9-11-26-14-22(10-12-25(26)13-21)6-8-24-17-29(33-3)20-30(18-24)34-4/h9-20H,1-4H3. The molecule has 0 spiro atoms. The van der Waals surface area contributed by atoms with Crippen LogP contribution in [-0.4, -0.2) is 28.4 Å². The molecule has 0 fully saturated rings. The molecule has 0 heterocycles. The van der Waals surface area contributed by atoms with Crippen molar-refractivity contribution in [3.05, 3.63) is 95.1 Å². The summed E-state index contributed by atoms with van der Waals surface area (Å²) in [4.78, 5) is 0. The third-order valence-electron chi connectivity index (χ3n) is 5.25. The van der Waals surface area contributed by atoms with Gasteiger partial charge in [0, 0.05) is 34.4 Å². The van der Waals surface area contributed by atoms with E-state index in [9.17, 15) is 0 Å². The van der Waals surface area contributed by atoms with E-state index in [0.717, 1.165) is 33.0 Å². The van der Waals surface area contributed by atoms with Gasteiger partial charge in [0.05, 0.1) is 28.4 Å². The van der Waals surface area contributed by atoms with Gasteiger partial charge in [-0.05, 0) is 59.3 Å². The van der Waals surface area contributed by atoms with Crippen LogP contribution in [0.2, 0.25) is 0 Å². The third-order valence-corrected chi connectivity index (χ3v) is 5.25. The number of benzene rings is 4. The Hall–Kier alpha value is -4.54. The van der Waals surface area contributed by atoms with Crippen molar-refractivity contribution in [2.75, 3.05) is 28.4 Å².